The van der Waals surface area contributed by atoms with E-state index in [0.29, 0.717) is 22.6 Å². The fourth-order valence-corrected chi connectivity index (χ4v) is 3.50. The first kappa shape index (κ1) is 17.2. The number of ether oxygens (including phenoxy) is 2. The molecule has 0 unspecified atom stereocenters. The van der Waals surface area contributed by atoms with Crippen molar-refractivity contribution in [2.24, 2.45) is 0 Å². The van der Waals surface area contributed by atoms with E-state index in [-0.39, 0.29) is 24.1 Å². The Morgan fingerprint density at radius 2 is 1.88 bits per heavy atom. The van der Waals surface area contributed by atoms with Crippen molar-refractivity contribution in [3.63, 3.8) is 0 Å². The fourth-order valence-electron chi connectivity index (χ4n) is 2.46. The summed E-state index contributed by atoms with van der Waals surface area (Å²) in [7, 11) is -2.25. The Morgan fingerprint density at radius 3 is 2.64 bits per heavy atom. The van der Waals surface area contributed by atoms with E-state index in [4.69, 9.17) is 9.47 Å². The monoisotopic (exact) mass is 362 g/mol. The summed E-state index contributed by atoms with van der Waals surface area (Å²) in [5.74, 6) is 0.902. The normalized spacial score (nSPS) is 12.9. The molecule has 1 heterocycles. The maximum Gasteiger partial charge on any atom is 0.251 e. The van der Waals surface area contributed by atoms with Crippen LogP contribution in [0.4, 0.5) is 0 Å². The van der Waals surface area contributed by atoms with Gasteiger partial charge in [0.25, 0.3) is 5.91 Å². The lowest BCUT2D eigenvalue weighted by Gasteiger charge is -2.10. The summed E-state index contributed by atoms with van der Waals surface area (Å²) >= 11 is 0. The Hall–Kier alpha value is -2.58. The number of rotatable bonds is 5. The first-order valence-electron chi connectivity index (χ1n) is 7.61. The fraction of sp³-hybridized carbons (Fsp3) is 0.235. The maximum absolute atomic E-state index is 12.5. The molecule has 0 atom stereocenters. The summed E-state index contributed by atoms with van der Waals surface area (Å²) < 4.78 is 38.1. The van der Waals surface area contributed by atoms with E-state index < -0.39 is 10.0 Å². The number of sulfonamides is 1. The van der Waals surface area contributed by atoms with E-state index in [0.717, 1.165) is 5.56 Å². The molecule has 0 radical (unpaired) electrons. The SMILES string of the molecule is CNC(=O)c1cc(S(=O)(=O)NCc2ccc3c(c2)OCO3)ccc1C. The highest BCUT2D eigenvalue weighted by atomic mass is 32.2. The number of nitrogens with one attached hydrogen (secondary N) is 2. The lowest BCUT2D eigenvalue weighted by atomic mass is 10.1. The molecule has 3 rings (SSSR count). The molecule has 0 aromatic heterocycles. The molecule has 132 valence electrons. The highest BCUT2D eigenvalue weighted by Gasteiger charge is 2.18. The van der Waals surface area contributed by atoms with E-state index in [2.05, 4.69) is 10.0 Å². The second kappa shape index (κ2) is 6.73. The zero-order valence-corrected chi connectivity index (χ0v) is 14.6. The maximum atomic E-state index is 12.5. The Kier molecular flexibility index (Phi) is 4.65. The first-order chi connectivity index (χ1) is 11.9. The number of carbonyl (C=O) groups excluding carboxylic acids is 1. The van der Waals surface area contributed by atoms with E-state index >= 15 is 0 Å². The molecule has 0 spiro atoms. The molecule has 0 aliphatic carbocycles. The highest BCUT2D eigenvalue weighted by molar-refractivity contribution is 7.89. The highest BCUT2D eigenvalue weighted by Crippen LogP contribution is 2.32. The molecule has 25 heavy (non-hydrogen) atoms. The van der Waals surface area contributed by atoms with Crippen LogP contribution in [0.5, 0.6) is 11.5 Å². The van der Waals surface area contributed by atoms with Crippen LogP contribution in [0.3, 0.4) is 0 Å². The van der Waals surface area contributed by atoms with Gasteiger partial charge in [0.05, 0.1) is 4.90 Å². The van der Waals surface area contributed by atoms with Crippen LogP contribution in [0, 0.1) is 6.92 Å². The van der Waals surface area contributed by atoms with Gasteiger partial charge in [0.15, 0.2) is 11.5 Å². The van der Waals surface area contributed by atoms with Gasteiger partial charge in [-0.2, -0.15) is 0 Å². The van der Waals surface area contributed by atoms with Crippen LogP contribution in [-0.4, -0.2) is 28.2 Å². The van der Waals surface area contributed by atoms with Gasteiger partial charge in [-0.15, -0.1) is 0 Å². The van der Waals surface area contributed by atoms with E-state index in [9.17, 15) is 13.2 Å². The van der Waals surface area contributed by atoms with Crippen molar-refractivity contribution in [2.75, 3.05) is 13.8 Å². The van der Waals surface area contributed by atoms with E-state index in [1.54, 1.807) is 31.2 Å². The minimum Gasteiger partial charge on any atom is -0.454 e. The second-order valence-corrected chi connectivity index (χ2v) is 7.33. The third-order valence-electron chi connectivity index (χ3n) is 3.89. The summed E-state index contributed by atoms with van der Waals surface area (Å²) in [4.78, 5) is 11.9. The Balaban J connectivity index is 1.79. The zero-order valence-electron chi connectivity index (χ0n) is 13.8. The Morgan fingerprint density at radius 1 is 1.12 bits per heavy atom. The van der Waals surface area contributed by atoms with Gasteiger partial charge >= 0.3 is 0 Å². The summed E-state index contributed by atoms with van der Waals surface area (Å²) in [5, 5.41) is 2.50. The van der Waals surface area contributed by atoms with Crippen LogP contribution < -0.4 is 19.5 Å². The molecular formula is C17H18N2O5S. The van der Waals surface area contributed by atoms with Crippen LogP contribution in [0.2, 0.25) is 0 Å². The van der Waals surface area contributed by atoms with Gasteiger partial charge in [0, 0.05) is 19.2 Å². The van der Waals surface area contributed by atoms with Gasteiger partial charge in [-0.1, -0.05) is 12.1 Å². The van der Waals surface area contributed by atoms with Gasteiger partial charge in [0.2, 0.25) is 16.8 Å². The lowest BCUT2D eigenvalue weighted by Crippen LogP contribution is -2.24. The van der Waals surface area contributed by atoms with Crippen molar-refractivity contribution in [1.82, 2.24) is 10.0 Å². The van der Waals surface area contributed by atoms with Crippen LogP contribution in [0.25, 0.3) is 0 Å². The van der Waals surface area contributed by atoms with Crippen LogP contribution in [-0.2, 0) is 16.6 Å². The molecular weight excluding hydrogens is 344 g/mol. The van der Waals surface area contributed by atoms with Crippen LogP contribution in [0.15, 0.2) is 41.3 Å². The van der Waals surface area contributed by atoms with Gasteiger partial charge in [0.1, 0.15) is 0 Å². The molecule has 0 saturated heterocycles. The molecule has 0 bridgehead atoms. The van der Waals surface area contributed by atoms with Crippen LogP contribution >= 0.6 is 0 Å². The van der Waals surface area contributed by atoms with Gasteiger partial charge < -0.3 is 14.8 Å². The largest absolute Gasteiger partial charge is 0.454 e. The summed E-state index contributed by atoms with van der Waals surface area (Å²) in [5.41, 5.74) is 1.77. The minimum absolute atomic E-state index is 0.0393. The van der Waals surface area contributed by atoms with Gasteiger partial charge in [-0.3, -0.25) is 4.79 Å². The third-order valence-corrected chi connectivity index (χ3v) is 5.29. The van der Waals surface area contributed by atoms with Crippen molar-refractivity contribution >= 4 is 15.9 Å². The molecule has 0 fully saturated rings. The number of amides is 1. The number of fused-ring (bicyclic) bond motifs is 1. The smallest absolute Gasteiger partial charge is 0.251 e. The topological polar surface area (TPSA) is 93.7 Å². The Bertz CT molecular complexity index is 925. The summed E-state index contributed by atoms with van der Waals surface area (Å²) in [6.45, 7) is 2.01. The molecule has 2 aromatic carbocycles. The summed E-state index contributed by atoms with van der Waals surface area (Å²) in [6.07, 6.45) is 0. The lowest BCUT2D eigenvalue weighted by molar-refractivity contribution is 0.0962. The second-order valence-electron chi connectivity index (χ2n) is 5.57. The molecule has 1 aliphatic rings. The number of carbonyl (C=O) groups is 1. The van der Waals surface area contributed by atoms with Crippen molar-refractivity contribution in [3.8, 4) is 11.5 Å². The summed E-state index contributed by atoms with van der Waals surface area (Å²) in [6, 6.07) is 9.69. The molecule has 2 aromatic rings. The number of hydrogen-bond donors (Lipinski definition) is 2. The number of aryl methyl sites for hydroxylation is 1. The van der Waals surface area contributed by atoms with Gasteiger partial charge in [-0.25, -0.2) is 13.1 Å². The van der Waals surface area contributed by atoms with E-state index in [1.165, 1.54) is 19.2 Å². The van der Waals surface area contributed by atoms with Gasteiger partial charge in [-0.05, 0) is 42.3 Å². The third kappa shape index (κ3) is 3.59. The van der Waals surface area contributed by atoms with Crippen molar-refractivity contribution in [2.45, 2.75) is 18.4 Å². The average Bonchev–Trinajstić information content (AvgIpc) is 3.07. The standard InChI is InChI=1S/C17H18N2O5S/c1-11-3-5-13(8-14(11)17(20)18-2)25(21,22)19-9-12-4-6-15-16(7-12)24-10-23-15/h3-8,19H,9-10H2,1-2H3,(H,18,20). The molecule has 1 aliphatic heterocycles. The van der Waals surface area contributed by atoms with Crippen molar-refractivity contribution < 1.29 is 22.7 Å². The minimum atomic E-state index is -3.76. The number of benzene rings is 2. The molecule has 7 nitrogen and oxygen atoms in total. The molecule has 0 saturated carbocycles. The zero-order chi connectivity index (χ0) is 18.0. The van der Waals surface area contributed by atoms with Crippen molar-refractivity contribution in [1.29, 1.82) is 0 Å². The Labute approximate surface area is 146 Å². The van der Waals surface area contributed by atoms with Crippen molar-refractivity contribution in [3.05, 3.63) is 53.1 Å². The molecule has 1 amide bonds. The predicted octanol–water partition coefficient (Wildman–Crippen LogP) is 1.56. The molecule has 2 N–H and O–H groups in total. The van der Waals surface area contributed by atoms with Crippen LogP contribution in [0.1, 0.15) is 21.5 Å². The molecule has 8 heteroatoms. The predicted molar refractivity (Wildman–Crippen MR) is 91.2 cm³/mol. The van der Waals surface area contributed by atoms with E-state index in [1.807, 2.05) is 0 Å². The first-order valence-corrected chi connectivity index (χ1v) is 9.10. The number of hydrogen-bond acceptors (Lipinski definition) is 5. The average molecular weight is 362 g/mol. The quantitative estimate of drug-likeness (QED) is 0.842.